The van der Waals surface area contributed by atoms with Gasteiger partial charge in [-0.2, -0.15) is 4.98 Å². The highest BCUT2D eigenvalue weighted by Crippen LogP contribution is 2.32. The van der Waals surface area contributed by atoms with Crippen molar-refractivity contribution in [3.63, 3.8) is 0 Å². The number of fused-ring (bicyclic) bond motifs is 1. The van der Waals surface area contributed by atoms with Gasteiger partial charge < -0.3 is 14.4 Å². The highest BCUT2D eigenvalue weighted by atomic mass is 35.5. The minimum Gasteiger partial charge on any atom is -0.327 e. The highest BCUT2D eigenvalue weighted by molar-refractivity contribution is 7.90. The molecule has 0 atom stereocenters. The zero-order valence-electron chi connectivity index (χ0n) is 23.2. The molecule has 0 aliphatic rings. The Morgan fingerprint density at radius 2 is 1.69 bits per heavy atom. The first kappa shape index (κ1) is 29.3. The summed E-state index contributed by atoms with van der Waals surface area (Å²) in [4.78, 5) is 30.6. The third-order valence-corrected chi connectivity index (χ3v) is 8.64. The molecule has 0 unspecified atom stereocenters. The molecule has 0 spiro atoms. The van der Waals surface area contributed by atoms with Crippen molar-refractivity contribution in [2.45, 2.75) is 11.3 Å². The summed E-state index contributed by atoms with van der Waals surface area (Å²) in [5, 5.41) is 3.71. The van der Waals surface area contributed by atoms with Crippen molar-refractivity contribution in [1.29, 1.82) is 0 Å². The Labute approximate surface area is 253 Å². The third kappa shape index (κ3) is 6.03. The van der Waals surface area contributed by atoms with E-state index < -0.39 is 9.84 Å². The van der Waals surface area contributed by atoms with Crippen LogP contribution >= 0.6 is 23.2 Å². The number of nitrogens with one attached hydrogen (secondary N) is 1. The molecule has 3 aromatic carbocycles. The molecule has 0 bridgehead atoms. The summed E-state index contributed by atoms with van der Waals surface area (Å²) >= 11 is 12.1. The van der Waals surface area contributed by atoms with E-state index in [1.165, 1.54) is 6.26 Å². The van der Waals surface area contributed by atoms with Crippen LogP contribution in [0, 0.1) is 0 Å². The van der Waals surface area contributed by atoms with E-state index in [0.29, 0.717) is 33.3 Å². The Hall–Kier alpha value is -4.19. The molecular formula is C29H27Cl2N7O3S. The lowest BCUT2D eigenvalue weighted by molar-refractivity contribution is -0.115. The van der Waals surface area contributed by atoms with Gasteiger partial charge in [-0.05, 0) is 60.2 Å². The van der Waals surface area contributed by atoms with Crippen molar-refractivity contribution >= 4 is 79.1 Å². The zero-order chi connectivity index (χ0) is 30.2. The van der Waals surface area contributed by atoms with E-state index in [9.17, 15) is 13.2 Å². The second kappa shape index (κ2) is 11.6. The quantitative estimate of drug-likeness (QED) is 0.231. The molecule has 2 aromatic heterocycles. The number of benzene rings is 3. The summed E-state index contributed by atoms with van der Waals surface area (Å²) in [6, 6.07) is 19.2. The lowest BCUT2D eigenvalue weighted by Crippen LogP contribution is -2.17. The Balaban J connectivity index is 1.39. The largest absolute Gasteiger partial charge is 0.327 e. The smallest absolute Gasteiger partial charge is 0.231 e. The third-order valence-electron chi connectivity index (χ3n) is 6.78. The van der Waals surface area contributed by atoms with Crippen LogP contribution in [0.3, 0.4) is 0 Å². The predicted molar refractivity (Wildman–Crippen MR) is 167 cm³/mol. The fraction of sp³-hybridized carbons (Fsp3) is 0.172. The monoisotopic (exact) mass is 623 g/mol. The molecule has 2 heterocycles. The number of carbonyl (C=O) groups excluding carboxylic acids is 1. The van der Waals surface area contributed by atoms with Gasteiger partial charge in [0.2, 0.25) is 17.8 Å². The molecule has 0 aliphatic heterocycles. The van der Waals surface area contributed by atoms with E-state index in [-0.39, 0.29) is 17.2 Å². The summed E-state index contributed by atoms with van der Waals surface area (Å²) in [6.45, 7) is 0. The van der Waals surface area contributed by atoms with Crippen LogP contribution in [-0.4, -0.2) is 54.2 Å². The maximum Gasteiger partial charge on any atom is 0.231 e. The summed E-state index contributed by atoms with van der Waals surface area (Å²) in [5.74, 6) is 1.20. The second-order valence-electron chi connectivity index (χ2n) is 9.71. The first-order valence-corrected chi connectivity index (χ1v) is 15.4. The van der Waals surface area contributed by atoms with Crippen LogP contribution < -0.4 is 15.1 Å². The fourth-order valence-electron chi connectivity index (χ4n) is 4.43. The van der Waals surface area contributed by atoms with E-state index in [1.54, 1.807) is 66.7 Å². The molecule has 0 radical (unpaired) electrons. The summed E-state index contributed by atoms with van der Waals surface area (Å²) in [5.41, 5.74) is 3.74. The standard InChI is InChI=1S/C29H27Cl2N7O3S/c1-36(19-9-11-20(12-10-19)42(4,40)41)28-32-15-14-25(33-28)37(2)23-6-5-7-24-27(23)35-29(38(24)3)34-26(39)17-18-8-13-21(30)22(31)16-18/h5-16H,17H2,1-4H3,(H,34,35,39). The Morgan fingerprint density at radius 1 is 0.952 bits per heavy atom. The molecule has 216 valence electrons. The van der Waals surface area contributed by atoms with Crippen molar-refractivity contribution in [2.24, 2.45) is 7.05 Å². The first-order chi connectivity index (χ1) is 19.9. The summed E-state index contributed by atoms with van der Waals surface area (Å²) in [6.07, 6.45) is 2.94. The fourth-order valence-corrected chi connectivity index (χ4v) is 5.38. The van der Waals surface area contributed by atoms with Crippen LogP contribution in [0.4, 0.5) is 29.1 Å². The number of hydrogen-bond donors (Lipinski definition) is 1. The number of amides is 1. The van der Waals surface area contributed by atoms with Crippen LogP contribution in [0.15, 0.2) is 77.8 Å². The lowest BCUT2D eigenvalue weighted by Gasteiger charge is -2.22. The molecule has 0 saturated heterocycles. The average molecular weight is 625 g/mol. The number of para-hydroxylation sites is 1. The van der Waals surface area contributed by atoms with E-state index in [0.717, 1.165) is 22.5 Å². The summed E-state index contributed by atoms with van der Waals surface area (Å²) in [7, 11) is 2.22. The molecule has 0 aliphatic carbocycles. The predicted octanol–water partition coefficient (Wildman–Crippen LogP) is 5.79. The Morgan fingerprint density at radius 3 is 2.38 bits per heavy atom. The summed E-state index contributed by atoms with van der Waals surface area (Å²) < 4.78 is 25.5. The topological polar surface area (TPSA) is 113 Å². The number of nitrogens with zero attached hydrogens (tertiary/aromatic N) is 6. The van der Waals surface area contributed by atoms with Gasteiger partial charge in [0.25, 0.3) is 0 Å². The van der Waals surface area contributed by atoms with Gasteiger partial charge in [-0.15, -0.1) is 0 Å². The number of imidazole rings is 1. The van der Waals surface area contributed by atoms with Crippen molar-refractivity contribution in [3.05, 3.63) is 88.5 Å². The highest BCUT2D eigenvalue weighted by Gasteiger charge is 2.18. The second-order valence-corrected chi connectivity index (χ2v) is 12.5. The zero-order valence-corrected chi connectivity index (χ0v) is 25.5. The van der Waals surface area contributed by atoms with Crippen molar-refractivity contribution in [1.82, 2.24) is 19.5 Å². The number of halogens is 2. The maximum atomic E-state index is 12.8. The van der Waals surface area contributed by atoms with E-state index >= 15 is 0 Å². The van der Waals surface area contributed by atoms with E-state index in [1.807, 2.05) is 41.8 Å². The number of anilines is 5. The molecule has 13 heteroatoms. The van der Waals surface area contributed by atoms with E-state index in [4.69, 9.17) is 33.2 Å². The number of hydrogen-bond acceptors (Lipinski definition) is 8. The number of aryl methyl sites for hydroxylation is 1. The minimum absolute atomic E-state index is 0.112. The van der Waals surface area contributed by atoms with Crippen molar-refractivity contribution in [3.8, 4) is 0 Å². The molecule has 42 heavy (non-hydrogen) atoms. The van der Waals surface area contributed by atoms with Crippen LogP contribution in [0.5, 0.6) is 0 Å². The van der Waals surface area contributed by atoms with Gasteiger partial charge in [-0.3, -0.25) is 10.1 Å². The van der Waals surface area contributed by atoms with Gasteiger partial charge in [0.05, 0.1) is 32.6 Å². The number of rotatable bonds is 8. The first-order valence-electron chi connectivity index (χ1n) is 12.7. The molecule has 5 rings (SSSR count). The van der Waals surface area contributed by atoms with Gasteiger partial charge in [0.15, 0.2) is 9.84 Å². The number of carbonyl (C=O) groups is 1. The molecule has 0 fully saturated rings. The molecule has 0 saturated carbocycles. The molecule has 1 N–H and O–H groups in total. The molecule has 10 nitrogen and oxygen atoms in total. The van der Waals surface area contributed by atoms with Gasteiger partial charge in [-0.1, -0.05) is 35.3 Å². The van der Waals surface area contributed by atoms with Gasteiger partial charge >= 0.3 is 0 Å². The molecule has 5 aromatic rings. The average Bonchev–Trinajstić information content (AvgIpc) is 3.28. The van der Waals surface area contributed by atoms with Crippen LogP contribution in [0.2, 0.25) is 10.0 Å². The van der Waals surface area contributed by atoms with Crippen LogP contribution in [-0.2, 0) is 28.1 Å². The van der Waals surface area contributed by atoms with Gasteiger partial charge in [0.1, 0.15) is 11.3 Å². The van der Waals surface area contributed by atoms with Crippen molar-refractivity contribution < 1.29 is 13.2 Å². The Kier molecular flexibility index (Phi) is 8.09. The minimum atomic E-state index is -3.30. The van der Waals surface area contributed by atoms with Crippen LogP contribution in [0.25, 0.3) is 11.0 Å². The number of aromatic nitrogens is 4. The van der Waals surface area contributed by atoms with Gasteiger partial charge in [0, 0.05) is 39.3 Å². The normalized spacial score (nSPS) is 11.5. The van der Waals surface area contributed by atoms with Gasteiger partial charge in [-0.25, -0.2) is 18.4 Å². The van der Waals surface area contributed by atoms with E-state index in [2.05, 4.69) is 10.3 Å². The Bertz CT molecular complexity index is 1910. The molecular weight excluding hydrogens is 597 g/mol. The number of sulfone groups is 1. The lowest BCUT2D eigenvalue weighted by atomic mass is 10.1. The van der Waals surface area contributed by atoms with Crippen LogP contribution in [0.1, 0.15) is 5.56 Å². The molecule has 1 amide bonds. The SMILES string of the molecule is CN(c1ccc(S(C)(=O)=O)cc1)c1nccc(N(C)c2cccc3c2nc(NC(=O)Cc2ccc(Cl)c(Cl)c2)n3C)n1. The van der Waals surface area contributed by atoms with Crippen molar-refractivity contribution in [2.75, 3.05) is 35.5 Å². The maximum absolute atomic E-state index is 12.8.